The fourth-order valence-electron chi connectivity index (χ4n) is 4.35. The van der Waals surface area contributed by atoms with Gasteiger partial charge in [0.15, 0.2) is 0 Å². The van der Waals surface area contributed by atoms with Crippen LogP contribution in [0.15, 0.2) is 30.5 Å². The monoisotopic (exact) mass is 383 g/mol. The van der Waals surface area contributed by atoms with Crippen LogP contribution in [0.3, 0.4) is 0 Å². The summed E-state index contributed by atoms with van der Waals surface area (Å²) in [6.07, 6.45) is 6.43. The summed E-state index contributed by atoms with van der Waals surface area (Å²) in [6.45, 7) is 7.92. The lowest BCUT2D eigenvalue weighted by molar-refractivity contribution is 0.0552. The van der Waals surface area contributed by atoms with Gasteiger partial charge in [0, 0.05) is 38.6 Å². The lowest BCUT2D eigenvalue weighted by atomic mass is 9.86. The largest absolute Gasteiger partial charge is 0.335 e. The van der Waals surface area contributed by atoms with Gasteiger partial charge in [0.1, 0.15) is 4.88 Å². The topological polar surface area (TPSA) is 36.4 Å². The van der Waals surface area contributed by atoms with E-state index < -0.39 is 0 Å². The van der Waals surface area contributed by atoms with E-state index >= 15 is 0 Å². The molecule has 1 aromatic carbocycles. The van der Waals surface area contributed by atoms with Gasteiger partial charge >= 0.3 is 0 Å². The highest BCUT2D eigenvalue weighted by Crippen LogP contribution is 2.34. The molecule has 1 amide bonds. The quantitative estimate of drug-likeness (QED) is 0.795. The zero-order chi connectivity index (χ0) is 18.8. The summed E-state index contributed by atoms with van der Waals surface area (Å²) in [6, 6.07) is 9.41. The predicted molar refractivity (Wildman–Crippen MR) is 110 cm³/mol. The molecule has 4 rings (SSSR count). The summed E-state index contributed by atoms with van der Waals surface area (Å²) >= 11 is 1.57. The highest BCUT2D eigenvalue weighted by atomic mass is 32.1. The number of carbonyl (C=O) groups excluding carboxylic acids is 1. The number of rotatable bonds is 4. The molecule has 0 saturated carbocycles. The number of aryl methyl sites for hydroxylation is 1. The van der Waals surface area contributed by atoms with Crippen molar-refractivity contribution in [1.29, 1.82) is 0 Å². The summed E-state index contributed by atoms with van der Waals surface area (Å²) < 4.78 is 0. The van der Waals surface area contributed by atoms with Crippen molar-refractivity contribution >= 4 is 17.2 Å². The lowest BCUT2D eigenvalue weighted by Crippen LogP contribution is -2.50. The minimum absolute atomic E-state index is 0.159. The van der Waals surface area contributed by atoms with Gasteiger partial charge in [-0.2, -0.15) is 0 Å². The Morgan fingerprint density at radius 2 is 2.00 bits per heavy atom. The molecule has 1 saturated heterocycles. The van der Waals surface area contributed by atoms with Crippen LogP contribution in [0.4, 0.5) is 0 Å². The Bertz CT molecular complexity index is 792. The van der Waals surface area contributed by atoms with E-state index in [0.717, 1.165) is 42.5 Å². The van der Waals surface area contributed by atoms with Crippen molar-refractivity contribution in [2.45, 2.75) is 45.6 Å². The number of hydrogen-bond acceptors (Lipinski definition) is 4. The minimum Gasteiger partial charge on any atom is -0.335 e. The summed E-state index contributed by atoms with van der Waals surface area (Å²) in [7, 11) is 0. The zero-order valence-corrected chi connectivity index (χ0v) is 17.2. The van der Waals surface area contributed by atoms with Gasteiger partial charge in [-0.3, -0.25) is 9.69 Å². The van der Waals surface area contributed by atoms with Gasteiger partial charge in [-0.25, -0.2) is 4.98 Å². The van der Waals surface area contributed by atoms with E-state index in [2.05, 4.69) is 48.0 Å². The Kier molecular flexibility index (Phi) is 5.60. The van der Waals surface area contributed by atoms with E-state index in [4.69, 9.17) is 0 Å². The number of carbonyl (C=O) groups is 1. The van der Waals surface area contributed by atoms with Crippen molar-refractivity contribution in [3.05, 3.63) is 51.5 Å². The van der Waals surface area contributed by atoms with Crippen LogP contribution >= 0.6 is 11.3 Å². The van der Waals surface area contributed by atoms with Crippen LogP contribution in [-0.2, 0) is 12.8 Å². The Balaban J connectivity index is 1.38. The third-order valence-electron chi connectivity index (χ3n) is 5.73. The maximum absolute atomic E-state index is 12.9. The molecular formula is C22H29N3OS. The van der Waals surface area contributed by atoms with Crippen molar-refractivity contribution in [3.8, 4) is 0 Å². The smallest absolute Gasteiger partial charge is 0.265 e. The first kappa shape index (κ1) is 18.6. The van der Waals surface area contributed by atoms with Crippen LogP contribution in [-0.4, -0.2) is 46.9 Å². The Morgan fingerprint density at radius 1 is 1.22 bits per heavy atom. The number of benzene rings is 1. The molecule has 4 nitrogen and oxygen atoms in total. The molecule has 1 aromatic heterocycles. The Hall–Kier alpha value is -1.72. The average Bonchev–Trinajstić information content (AvgIpc) is 3.15. The molecule has 0 N–H and O–H groups in total. The number of amides is 1. The van der Waals surface area contributed by atoms with Crippen LogP contribution in [0.5, 0.6) is 0 Å². The van der Waals surface area contributed by atoms with Gasteiger partial charge in [0.25, 0.3) is 5.91 Å². The fraction of sp³-hybridized carbons (Fsp3) is 0.545. The number of fused-ring (bicyclic) bond motifs is 1. The molecular weight excluding hydrogens is 354 g/mol. The van der Waals surface area contributed by atoms with Crippen LogP contribution in [0.1, 0.15) is 58.5 Å². The van der Waals surface area contributed by atoms with E-state index in [1.807, 2.05) is 4.90 Å². The van der Waals surface area contributed by atoms with Crippen molar-refractivity contribution in [2.24, 2.45) is 5.92 Å². The first-order valence-corrected chi connectivity index (χ1v) is 11.0. The van der Waals surface area contributed by atoms with Gasteiger partial charge in [-0.1, -0.05) is 38.1 Å². The number of nitrogens with zero attached hydrogens (tertiary/aromatic N) is 3. The van der Waals surface area contributed by atoms with E-state index in [1.54, 1.807) is 17.5 Å². The fourth-order valence-corrected chi connectivity index (χ4v) is 5.45. The van der Waals surface area contributed by atoms with Gasteiger partial charge in [0.2, 0.25) is 0 Å². The van der Waals surface area contributed by atoms with Crippen molar-refractivity contribution < 1.29 is 4.79 Å². The maximum Gasteiger partial charge on any atom is 0.265 e. The minimum atomic E-state index is 0.159. The molecule has 1 aliphatic heterocycles. The van der Waals surface area contributed by atoms with E-state index in [1.165, 1.54) is 30.4 Å². The number of hydrogen-bond donors (Lipinski definition) is 0. The van der Waals surface area contributed by atoms with Crippen LogP contribution in [0.25, 0.3) is 0 Å². The molecule has 2 heterocycles. The molecule has 1 unspecified atom stereocenters. The molecule has 1 fully saturated rings. The SMILES string of the molecule is CC(C)Cc1ncc(C(=O)N2CCN(C3CCCc4ccccc43)CC2)s1. The molecule has 1 aliphatic carbocycles. The van der Waals surface area contributed by atoms with Gasteiger partial charge in [-0.15, -0.1) is 11.3 Å². The van der Waals surface area contributed by atoms with Crippen molar-refractivity contribution in [1.82, 2.24) is 14.8 Å². The molecule has 0 spiro atoms. The summed E-state index contributed by atoms with van der Waals surface area (Å²) in [5.74, 6) is 0.729. The number of thiazole rings is 1. The first-order chi connectivity index (χ1) is 13.1. The second kappa shape index (κ2) is 8.11. The van der Waals surface area contributed by atoms with Gasteiger partial charge < -0.3 is 4.90 Å². The molecule has 5 heteroatoms. The molecule has 2 aliphatic rings. The maximum atomic E-state index is 12.9. The molecule has 144 valence electrons. The highest BCUT2D eigenvalue weighted by molar-refractivity contribution is 7.13. The van der Waals surface area contributed by atoms with E-state index in [-0.39, 0.29) is 5.91 Å². The Labute approximate surface area is 166 Å². The number of piperazine rings is 1. The predicted octanol–water partition coefficient (Wildman–Crippen LogP) is 4.18. The summed E-state index contributed by atoms with van der Waals surface area (Å²) in [5, 5.41) is 1.07. The number of aromatic nitrogens is 1. The molecule has 1 atom stereocenters. The first-order valence-electron chi connectivity index (χ1n) is 10.2. The van der Waals surface area contributed by atoms with Crippen molar-refractivity contribution in [2.75, 3.05) is 26.2 Å². The van der Waals surface area contributed by atoms with Gasteiger partial charge in [0.05, 0.1) is 11.2 Å². The average molecular weight is 384 g/mol. The standard InChI is InChI=1S/C22H29N3OS/c1-16(2)14-21-23-15-20(27-21)22(26)25-12-10-24(11-13-25)19-9-5-7-17-6-3-4-8-18(17)19/h3-4,6,8,15-16,19H,5,7,9-14H2,1-2H3. The molecule has 2 aromatic rings. The van der Waals surface area contributed by atoms with Crippen LogP contribution in [0.2, 0.25) is 0 Å². The second-order valence-corrected chi connectivity index (χ2v) is 9.27. The second-order valence-electron chi connectivity index (χ2n) is 8.15. The third-order valence-corrected chi connectivity index (χ3v) is 6.73. The normalized spacial score (nSPS) is 20.7. The summed E-state index contributed by atoms with van der Waals surface area (Å²) in [5.41, 5.74) is 3.01. The molecule has 0 radical (unpaired) electrons. The lowest BCUT2D eigenvalue weighted by Gasteiger charge is -2.41. The molecule has 0 bridgehead atoms. The van der Waals surface area contributed by atoms with Crippen molar-refractivity contribution in [3.63, 3.8) is 0 Å². The van der Waals surface area contributed by atoms with Crippen LogP contribution < -0.4 is 0 Å². The highest BCUT2D eigenvalue weighted by Gasteiger charge is 2.30. The van der Waals surface area contributed by atoms with E-state index in [9.17, 15) is 4.79 Å². The van der Waals surface area contributed by atoms with Gasteiger partial charge in [-0.05, 0) is 36.3 Å². The van der Waals surface area contributed by atoms with E-state index in [0.29, 0.717) is 12.0 Å². The molecule has 27 heavy (non-hydrogen) atoms. The summed E-state index contributed by atoms with van der Waals surface area (Å²) in [4.78, 5) is 22.7. The zero-order valence-electron chi connectivity index (χ0n) is 16.4. The van der Waals surface area contributed by atoms with Crippen LogP contribution in [0, 0.1) is 5.92 Å². The Morgan fingerprint density at radius 3 is 2.78 bits per heavy atom. The third kappa shape index (κ3) is 4.09.